The van der Waals surface area contributed by atoms with E-state index in [1.165, 1.54) is 4.88 Å². The maximum atomic E-state index is 12.8. The number of carbonyl (C=O) groups is 1. The number of thiophene rings is 1. The number of hydrogen-bond acceptors (Lipinski definition) is 7. The van der Waals surface area contributed by atoms with Crippen LogP contribution in [0.3, 0.4) is 0 Å². The van der Waals surface area contributed by atoms with Crippen LogP contribution in [0.5, 0.6) is 0 Å². The minimum Gasteiger partial charge on any atom is -0.418 e. The van der Waals surface area contributed by atoms with Crippen molar-refractivity contribution in [3.63, 3.8) is 0 Å². The molecule has 0 radical (unpaired) electrons. The molecule has 0 unspecified atom stereocenters. The highest BCUT2D eigenvalue weighted by atomic mass is 32.1. The van der Waals surface area contributed by atoms with Crippen molar-refractivity contribution in [3.05, 3.63) is 39.9 Å². The summed E-state index contributed by atoms with van der Waals surface area (Å²) in [6.07, 6.45) is 2.04. The third-order valence-corrected chi connectivity index (χ3v) is 5.75. The fourth-order valence-electron chi connectivity index (χ4n) is 3.35. The van der Waals surface area contributed by atoms with Crippen LogP contribution in [0.15, 0.2) is 21.1 Å². The van der Waals surface area contributed by atoms with Crippen molar-refractivity contribution >= 4 is 17.2 Å². The van der Waals surface area contributed by atoms with Crippen LogP contribution in [0, 0.1) is 20.8 Å². The molecule has 0 spiro atoms. The molecule has 4 heterocycles. The van der Waals surface area contributed by atoms with Crippen LogP contribution in [0.1, 0.15) is 46.7 Å². The third kappa shape index (κ3) is 3.05. The lowest BCUT2D eigenvalue weighted by atomic mass is 10.1. The minimum atomic E-state index is -0.162. The summed E-state index contributed by atoms with van der Waals surface area (Å²) in [6, 6.07) is 3.84. The first-order valence-corrected chi connectivity index (χ1v) is 9.46. The Balaban J connectivity index is 1.53. The van der Waals surface area contributed by atoms with E-state index in [4.69, 9.17) is 8.94 Å². The molecule has 3 aromatic rings. The van der Waals surface area contributed by atoms with Crippen LogP contribution in [0.25, 0.3) is 10.8 Å². The van der Waals surface area contributed by atoms with Crippen LogP contribution in [0.4, 0.5) is 0 Å². The molecule has 26 heavy (non-hydrogen) atoms. The van der Waals surface area contributed by atoms with Crippen molar-refractivity contribution < 1.29 is 13.7 Å². The highest BCUT2D eigenvalue weighted by Crippen LogP contribution is 2.34. The van der Waals surface area contributed by atoms with Gasteiger partial charge < -0.3 is 13.8 Å². The second kappa shape index (κ2) is 6.68. The number of nitrogens with zero attached hydrogens (tertiary/aromatic N) is 4. The van der Waals surface area contributed by atoms with Gasteiger partial charge in [-0.2, -0.15) is 0 Å². The van der Waals surface area contributed by atoms with Gasteiger partial charge in [-0.1, -0.05) is 5.16 Å². The Bertz CT molecular complexity index is 923. The lowest BCUT2D eigenvalue weighted by Gasteiger charge is -2.22. The van der Waals surface area contributed by atoms with E-state index in [-0.39, 0.29) is 18.4 Å². The molecule has 3 aromatic heterocycles. The summed E-state index contributed by atoms with van der Waals surface area (Å²) < 4.78 is 11.1. The normalized spacial score (nSPS) is 17.2. The van der Waals surface area contributed by atoms with Gasteiger partial charge in [-0.05, 0) is 45.7 Å². The van der Waals surface area contributed by atoms with Gasteiger partial charge >= 0.3 is 0 Å². The molecular weight excluding hydrogens is 352 g/mol. The van der Waals surface area contributed by atoms with Gasteiger partial charge in [0.2, 0.25) is 11.8 Å². The molecule has 7 nitrogen and oxygen atoms in total. The van der Waals surface area contributed by atoms with Crippen molar-refractivity contribution in [1.82, 2.24) is 20.3 Å². The first-order valence-electron chi connectivity index (χ1n) is 8.64. The van der Waals surface area contributed by atoms with E-state index in [0.29, 0.717) is 24.1 Å². The van der Waals surface area contributed by atoms with Crippen molar-refractivity contribution in [2.24, 2.45) is 0 Å². The number of aryl methyl sites for hydroxylation is 3. The zero-order valence-corrected chi connectivity index (χ0v) is 15.8. The second-order valence-corrected chi connectivity index (χ2v) is 7.87. The first-order chi connectivity index (χ1) is 12.5. The Kier molecular flexibility index (Phi) is 4.36. The predicted molar refractivity (Wildman–Crippen MR) is 95.7 cm³/mol. The van der Waals surface area contributed by atoms with Gasteiger partial charge in [0.15, 0.2) is 0 Å². The fraction of sp³-hybridized carbons (Fsp3) is 0.444. The number of rotatable bonds is 4. The van der Waals surface area contributed by atoms with Gasteiger partial charge in [0.05, 0.1) is 17.0 Å². The molecule has 136 valence electrons. The third-order valence-electron chi connectivity index (χ3n) is 4.76. The summed E-state index contributed by atoms with van der Waals surface area (Å²) in [4.78, 5) is 16.8. The Morgan fingerprint density at radius 2 is 2.15 bits per heavy atom. The summed E-state index contributed by atoms with van der Waals surface area (Å²) in [5.74, 6) is 1.76. The average molecular weight is 372 g/mol. The molecule has 1 amide bonds. The molecule has 1 fully saturated rings. The van der Waals surface area contributed by atoms with E-state index in [1.54, 1.807) is 11.3 Å². The summed E-state index contributed by atoms with van der Waals surface area (Å²) in [6.45, 7) is 6.42. The quantitative estimate of drug-likeness (QED) is 0.695. The summed E-state index contributed by atoms with van der Waals surface area (Å²) in [5.41, 5.74) is 1.63. The Hall–Kier alpha value is -2.48. The molecular formula is C18H20N4O3S. The Labute approximate surface area is 155 Å². The second-order valence-electron chi connectivity index (χ2n) is 6.58. The zero-order chi connectivity index (χ0) is 18.3. The Morgan fingerprint density at radius 3 is 2.85 bits per heavy atom. The van der Waals surface area contributed by atoms with Gasteiger partial charge in [0.25, 0.3) is 5.89 Å². The van der Waals surface area contributed by atoms with Crippen molar-refractivity contribution in [2.75, 3.05) is 6.54 Å². The summed E-state index contributed by atoms with van der Waals surface area (Å²) >= 11 is 1.62. The largest absolute Gasteiger partial charge is 0.418 e. The molecule has 0 saturated carbocycles. The predicted octanol–water partition coefficient (Wildman–Crippen LogP) is 3.62. The van der Waals surface area contributed by atoms with Crippen molar-refractivity contribution in [2.45, 2.75) is 46.1 Å². The highest BCUT2D eigenvalue weighted by molar-refractivity contribution is 7.15. The lowest BCUT2D eigenvalue weighted by Crippen LogP contribution is -2.32. The van der Waals surface area contributed by atoms with Crippen LogP contribution in [-0.2, 0) is 11.2 Å². The molecule has 1 aliphatic rings. The van der Waals surface area contributed by atoms with Crippen molar-refractivity contribution in [3.8, 4) is 10.8 Å². The van der Waals surface area contributed by atoms with E-state index in [9.17, 15) is 4.79 Å². The van der Waals surface area contributed by atoms with Crippen LogP contribution in [0.2, 0.25) is 0 Å². The van der Waals surface area contributed by atoms with Crippen LogP contribution >= 0.6 is 11.3 Å². The average Bonchev–Trinajstić information content (AvgIpc) is 3.37. The number of hydrogen-bond donors (Lipinski definition) is 0. The molecule has 1 saturated heterocycles. The molecule has 8 heteroatoms. The molecule has 4 rings (SSSR count). The zero-order valence-electron chi connectivity index (χ0n) is 15.0. The monoisotopic (exact) mass is 372 g/mol. The molecule has 0 N–H and O–H groups in total. The fourth-order valence-corrected chi connectivity index (χ4v) is 4.14. The molecule has 0 aliphatic carbocycles. The standard InChI is InChI=1S/C18H20N4O3S/c1-10-6-7-15(26-10)18-20-19-17(24-18)14-5-4-8-22(14)16(23)9-13-11(2)21-25-12(13)3/h6-7,14H,4-5,8-9H2,1-3H3/t14-/m0/s1. The van der Waals surface area contributed by atoms with Gasteiger partial charge in [-0.3, -0.25) is 4.79 Å². The first kappa shape index (κ1) is 17.0. The van der Waals surface area contributed by atoms with E-state index in [0.717, 1.165) is 29.0 Å². The summed E-state index contributed by atoms with van der Waals surface area (Å²) in [5, 5.41) is 12.3. The van der Waals surface area contributed by atoms with Gasteiger partial charge in [0, 0.05) is 17.0 Å². The smallest absolute Gasteiger partial charge is 0.257 e. The minimum absolute atomic E-state index is 0.0358. The van der Waals surface area contributed by atoms with Crippen molar-refractivity contribution in [1.29, 1.82) is 0 Å². The molecule has 0 bridgehead atoms. The topological polar surface area (TPSA) is 85.3 Å². The van der Waals surface area contributed by atoms with Crippen LogP contribution in [-0.4, -0.2) is 32.7 Å². The molecule has 1 atom stereocenters. The number of likely N-dealkylation sites (tertiary alicyclic amines) is 1. The highest BCUT2D eigenvalue weighted by Gasteiger charge is 2.34. The lowest BCUT2D eigenvalue weighted by molar-refractivity contribution is -0.131. The number of amides is 1. The Morgan fingerprint density at radius 1 is 1.31 bits per heavy atom. The number of aromatic nitrogens is 3. The maximum Gasteiger partial charge on any atom is 0.257 e. The van der Waals surface area contributed by atoms with E-state index in [2.05, 4.69) is 15.4 Å². The maximum absolute atomic E-state index is 12.8. The van der Waals surface area contributed by atoms with Gasteiger partial charge in [0.1, 0.15) is 11.8 Å². The SMILES string of the molecule is Cc1ccc(-c2nnc([C@@H]3CCCN3C(=O)Cc3c(C)noc3C)o2)s1. The van der Waals surface area contributed by atoms with E-state index in [1.807, 2.05) is 37.8 Å². The van der Waals surface area contributed by atoms with E-state index >= 15 is 0 Å². The molecule has 0 aromatic carbocycles. The van der Waals surface area contributed by atoms with Crippen LogP contribution < -0.4 is 0 Å². The summed E-state index contributed by atoms with van der Waals surface area (Å²) in [7, 11) is 0. The molecule has 1 aliphatic heterocycles. The van der Waals surface area contributed by atoms with E-state index < -0.39 is 0 Å². The van der Waals surface area contributed by atoms with Gasteiger partial charge in [-0.25, -0.2) is 0 Å². The van der Waals surface area contributed by atoms with Gasteiger partial charge in [-0.15, -0.1) is 21.5 Å². The number of carbonyl (C=O) groups excluding carboxylic acids is 1.